The lowest BCUT2D eigenvalue weighted by molar-refractivity contribution is 0.656. The summed E-state index contributed by atoms with van der Waals surface area (Å²) in [6, 6.07) is 1.58. The molecule has 1 heterocycles. The van der Waals surface area contributed by atoms with E-state index in [0.717, 1.165) is 5.03 Å². The van der Waals surface area contributed by atoms with Crippen LogP contribution in [0.3, 0.4) is 0 Å². The second-order valence-electron chi connectivity index (χ2n) is 3.79. The van der Waals surface area contributed by atoms with Gasteiger partial charge in [0.05, 0.1) is 5.03 Å². The minimum Gasteiger partial charge on any atom is -0.286 e. The zero-order valence-electron chi connectivity index (χ0n) is 8.57. The van der Waals surface area contributed by atoms with E-state index in [1.807, 2.05) is 7.05 Å². The van der Waals surface area contributed by atoms with Crippen molar-refractivity contribution in [2.75, 3.05) is 0 Å². The van der Waals surface area contributed by atoms with Crippen molar-refractivity contribution in [3.63, 3.8) is 0 Å². The first-order chi connectivity index (χ1) is 7.16. The van der Waals surface area contributed by atoms with Crippen LogP contribution in [0.5, 0.6) is 0 Å². The highest BCUT2D eigenvalue weighted by Gasteiger charge is 2.17. The van der Waals surface area contributed by atoms with Gasteiger partial charge in [0.25, 0.3) is 0 Å². The molecule has 1 saturated carbocycles. The van der Waals surface area contributed by atoms with Crippen LogP contribution in [-0.2, 0) is 7.05 Å². The van der Waals surface area contributed by atoms with Crippen LogP contribution < -0.4 is 5.43 Å². The monoisotopic (exact) mass is 244 g/mol. The molecule has 1 aliphatic carbocycles. The van der Waals surface area contributed by atoms with Crippen LogP contribution in [-0.4, -0.2) is 15.0 Å². The van der Waals surface area contributed by atoms with Gasteiger partial charge in [-0.25, -0.2) is 0 Å². The van der Waals surface area contributed by atoms with Gasteiger partial charge >= 0.3 is 0 Å². The third kappa shape index (κ3) is 2.55. The average molecular weight is 245 g/mol. The van der Waals surface area contributed by atoms with Crippen molar-refractivity contribution in [2.45, 2.75) is 36.0 Å². The second kappa shape index (κ2) is 4.58. The minimum atomic E-state index is -0.185. The molecule has 3 nitrogen and oxygen atoms in total. The molecule has 82 valence electrons. The lowest BCUT2D eigenvalue weighted by Crippen LogP contribution is -2.12. The molecule has 0 spiro atoms. The van der Waals surface area contributed by atoms with Crippen molar-refractivity contribution in [1.29, 1.82) is 0 Å². The molecule has 1 aromatic heterocycles. The number of hydrogen-bond donors (Lipinski definition) is 0. The van der Waals surface area contributed by atoms with Crippen LogP contribution in [0.25, 0.3) is 0 Å². The largest absolute Gasteiger partial charge is 0.286 e. The number of halogens is 1. The molecule has 5 heteroatoms. The topological polar surface area (TPSA) is 34.9 Å². The number of thioether (sulfide) groups is 1. The molecular weight excluding hydrogens is 232 g/mol. The highest BCUT2D eigenvalue weighted by Crippen LogP contribution is 2.33. The Morgan fingerprint density at radius 1 is 1.53 bits per heavy atom. The number of aryl methyl sites for hydroxylation is 1. The molecule has 1 aromatic rings. The van der Waals surface area contributed by atoms with Gasteiger partial charge in [0, 0.05) is 18.4 Å². The van der Waals surface area contributed by atoms with Gasteiger partial charge in [-0.05, 0) is 12.8 Å². The third-order valence-electron chi connectivity index (χ3n) is 2.60. The van der Waals surface area contributed by atoms with Crippen LogP contribution in [0.4, 0.5) is 0 Å². The van der Waals surface area contributed by atoms with Crippen LogP contribution in [0.2, 0.25) is 5.15 Å². The van der Waals surface area contributed by atoms with Crippen molar-refractivity contribution >= 4 is 23.4 Å². The zero-order chi connectivity index (χ0) is 10.8. The fraction of sp³-hybridized carbons (Fsp3) is 0.600. The first kappa shape index (κ1) is 11.0. The molecule has 0 aliphatic heterocycles. The summed E-state index contributed by atoms with van der Waals surface area (Å²) in [7, 11) is 1.82. The van der Waals surface area contributed by atoms with Crippen molar-refractivity contribution in [1.82, 2.24) is 9.78 Å². The van der Waals surface area contributed by atoms with Gasteiger partial charge in [-0.3, -0.25) is 9.48 Å². The molecule has 0 aromatic carbocycles. The summed E-state index contributed by atoms with van der Waals surface area (Å²) < 4.78 is 1.69. The molecule has 0 N–H and O–H groups in total. The highest BCUT2D eigenvalue weighted by molar-refractivity contribution is 7.99. The van der Waals surface area contributed by atoms with Gasteiger partial charge in [0.1, 0.15) is 0 Å². The van der Waals surface area contributed by atoms with Gasteiger partial charge < -0.3 is 0 Å². The summed E-state index contributed by atoms with van der Waals surface area (Å²) in [5.41, 5.74) is -0.185. The van der Waals surface area contributed by atoms with Crippen LogP contribution in [0.1, 0.15) is 25.7 Å². The zero-order valence-corrected chi connectivity index (χ0v) is 10.1. The van der Waals surface area contributed by atoms with E-state index < -0.39 is 0 Å². The van der Waals surface area contributed by atoms with Crippen LogP contribution in [0.15, 0.2) is 15.9 Å². The van der Waals surface area contributed by atoms with Gasteiger partial charge in [-0.2, -0.15) is 5.10 Å². The fourth-order valence-electron chi connectivity index (χ4n) is 1.78. The maximum Gasteiger partial charge on any atom is 0.220 e. The Bertz CT molecular complexity index is 412. The van der Waals surface area contributed by atoms with E-state index in [0.29, 0.717) is 5.25 Å². The van der Waals surface area contributed by atoms with Gasteiger partial charge in [0.15, 0.2) is 5.15 Å². The van der Waals surface area contributed by atoms with Gasteiger partial charge in [-0.15, -0.1) is 11.8 Å². The Kier molecular flexibility index (Phi) is 3.36. The standard InChI is InChI=1S/C10H13ClN2OS/c1-13-9(6-8(14)10(11)12-13)15-7-4-2-3-5-7/h6-7H,2-5H2,1H3. The summed E-state index contributed by atoms with van der Waals surface area (Å²) in [5.74, 6) is 0. The number of hydrogen-bond acceptors (Lipinski definition) is 3. The SMILES string of the molecule is Cn1nc(Cl)c(=O)cc1SC1CCCC1. The molecule has 0 unspecified atom stereocenters. The van der Waals surface area contributed by atoms with E-state index >= 15 is 0 Å². The van der Waals surface area contributed by atoms with E-state index in [4.69, 9.17) is 11.6 Å². The van der Waals surface area contributed by atoms with E-state index in [2.05, 4.69) is 5.10 Å². The molecule has 0 bridgehead atoms. The summed E-state index contributed by atoms with van der Waals surface area (Å²) in [5, 5.41) is 5.56. The third-order valence-corrected chi connectivity index (χ3v) is 4.29. The second-order valence-corrected chi connectivity index (χ2v) is 5.46. The van der Waals surface area contributed by atoms with Crippen LogP contribution in [0, 0.1) is 0 Å². The molecular formula is C10H13ClN2OS. The average Bonchev–Trinajstić information content (AvgIpc) is 2.67. The first-order valence-corrected chi connectivity index (χ1v) is 6.33. The number of rotatable bonds is 2. The van der Waals surface area contributed by atoms with E-state index in [1.165, 1.54) is 25.7 Å². The Morgan fingerprint density at radius 3 is 2.87 bits per heavy atom. The fourth-order valence-corrected chi connectivity index (χ4v) is 3.23. The van der Waals surface area contributed by atoms with E-state index in [1.54, 1.807) is 22.5 Å². The van der Waals surface area contributed by atoms with E-state index in [9.17, 15) is 4.79 Å². The molecule has 15 heavy (non-hydrogen) atoms. The maximum atomic E-state index is 11.3. The van der Waals surface area contributed by atoms with Crippen molar-refractivity contribution < 1.29 is 0 Å². The Balaban J connectivity index is 2.20. The highest BCUT2D eigenvalue weighted by atomic mass is 35.5. The molecule has 2 rings (SSSR count). The quantitative estimate of drug-likeness (QED) is 0.802. The van der Waals surface area contributed by atoms with Gasteiger partial charge in [-0.1, -0.05) is 24.4 Å². The molecule has 0 atom stereocenters. The summed E-state index contributed by atoms with van der Waals surface area (Å²) in [6.07, 6.45) is 5.07. The molecule has 1 fully saturated rings. The molecule has 1 aliphatic rings. The summed E-state index contributed by atoms with van der Waals surface area (Å²) in [6.45, 7) is 0. The van der Waals surface area contributed by atoms with Crippen molar-refractivity contribution in [3.05, 3.63) is 21.4 Å². The summed E-state index contributed by atoms with van der Waals surface area (Å²) >= 11 is 7.39. The normalized spacial score (nSPS) is 17.2. The number of nitrogens with zero attached hydrogens (tertiary/aromatic N) is 2. The first-order valence-electron chi connectivity index (χ1n) is 5.07. The van der Waals surface area contributed by atoms with Crippen LogP contribution >= 0.6 is 23.4 Å². The Hall–Kier alpha value is -0.480. The smallest absolute Gasteiger partial charge is 0.220 e. The minimum absolute atomic E-state index is 0.0493. The van der Waals surface area contributed by atoms with E-state index in [-0.39, 0.29) is 10.6 Å². The van der Waals surface area contributed by atoms with Gasteiger partial charge in [0.2, 0.25) is 5.43 Å². The van der Waals surface area contributed by atoms with Crippen molar-refractivity contribution in [2.24, 2.45) is 7.05 Å². The summed E-state index contributed by atoms with van der Waals surface area (Å²) in [4.78, 5) is 11.3. The predicted molar refractivity (Wildman–Crippen MR) is 62.6 cm³/mol. The lowest BCUT2D eigenvalue weighted by Gasteiger charge is -2.11. The Morgan fingerprint density at radius 2 is 2.20 bits per heavy atom. The van der Waals surface area contributed by atoms with Crippen molar-refractivity contribution in [3.8, 4) is 0 Å². The lowest BCUT2D eigenvalue weighted by atomic mass is 10.4. The Labute approximate surface area is 97.8 Å². The molecule has 0 amide bonds. The molecule has 0 radical (unpaired) electrons. The number of aromatic nitrogens is 2. The molecule has 0 saturated heterocycles. The predicted octanol–water partition coefficient (Wildman–Crippen LogP) is 2.47. The maximum absolute atomic E-state index is 11.3.